The van der Waals surface area contributed by atoms with E-state index in [0.717, 1.165) is 18.8 Å². The van der Waals surface area contributed by atoms with Crippen molar-refractivity contribution < 1.29 is 4.79 Å². The molecule has 0 heterocycles. The van der Waals surface area contributed by atoms with Crippen LogP contribution in [0.2, 0.25) is 0 Å². The van der Waals surface area contributed by atoms with Crippen LogP contribution in [-0.2, 0) is 11.3 Å². The molecular weight excluding hydrogens is 212 g/mol. The lowest BCUT2D eigenvalue weighted by atomic mass is 9.97. The van der Waals surface area contributed by atoms with Gasteiger partial charge >= 0.3 is 0 Å². The van der Waals surface area contributed by atoms with Crippen molar-refractivity contribution in [3.63, 3.8) is 0 Å². The maximum atomic E-state index is 10.9. The van der Waals surface area contributed by atoms with E-state index in [1.165, 1.54) is 12.5 Å². The summed E-state index contributed by atoms with van der Waals surface area (Å²) in [5.41, 5.74) is 2.37. The summed E-state index contributed by atoms with van der Waals surface area (Å²) in [6, 6.07) is 7.91. The molecule has 0 saturated heterocycles. The van der Waals surface area contributed by atoms with Crippen LogP contribution in [0, 0.1) is 5.41 Å². The van der Waals surface area contributed by atoms with Crippen LogP contribution in [-0.4, -0.2) is 12.5 Å². The van der Waals surface area contributed by atoms with Crippen molar-refractivity contribution in [2.75, 3.05) is 11.9 Å². The van der Waals surface area contributed by atoms with Crippen LogP contribution in [0.5, 0.6) is 0 Å². The number of hydrogen-bond donors (Lipinski definition) is 2. The third kappa shape index (κ3) is 6.07. The molecule has 1 aromatic rings. The molecule has 1 rings (SSSR count). The lowest BCUT2D eigenvalue weighted by Crippen LogP contribution is -2.26. The molecule has 0 aliphatic carbocycles. The average Bonchev–Trinajstić information content (AvgIpc) is 2.18. The zero-order valence-corrected chi connectivity index (χ0v) is 11.1. The fourth-order valence-electron chi connectivity index (χ4n) is 1.49. The van der Waals surface area contributed by atoms with Crippen molar-refractivity contribution in [1.29, 1.82) is 0 Å². The summed E-state index contributed by atoms with van der Waals surface area (Å²) in [5, 5.41) is 6.17. The Hall–Kier alpha value is -1.35. The van der Waals surface area contributed by atoms with Gasteiger partial charge in [-0.25, -0.2) is 0 Å². The quantitative estimate of drug-likeness (QED) is 0.841. The number of amides is 1. The van der Waals surface area contributed by atoms with Gasteiger partial charge in [-0.3, -0.25) is 4.79 Å². The van der Waals surface area contributed by atoms with Crippen molar-refractivity contribution in [3.8, 4) is 0 Å². The topological polar surface area (TPSA) is 41.1 Å². The predicted molar refractivity (Wildman–Crippen MR) is 71.9 cm³/mol. The van der Waals surface area contributed by atoms with E-state index in [1.54, 1.807) is 0 Å². The van der Waals surface area contributed by atoms with Crippen LogP contribution >= 0.6 is 0 Å². The van der Waals surface area contributed by atoms with Crippen molar-refractivity contribution >= 4 is 11.6 Å². The van der Waals surface area contributed by atoms with E-state index in [-0.39, 0.29) is 5.91 Å². The van der Waals surface area contributed by atoms with Crippen LogP contribution in [0.3, 0.4) is 0 Å². The summed E-state index contributed by atoms with van der Waals surface area (Å²) in [5.74, 6) is -0.0383. The Bertz CT molecular complexity index is 363. The minimum atomic E-state index is -0.0383. The van der Waals surface area contributed by atoms with Gasteiger partial charge in [0.2, 0.25) is 5.91 Å². The summed E-state index contributed by atoms with van der Waals surface area (Å²) in [6.07, 6.45) is 0. The summed E-state index contributed by atoms with van der Waals surface area (Å²) in [4.78, 5) is 10.9. The van der Waals surface area contributed by atoms with Crippen molar-refractivity contribution in [1.82, 2.24) is 5.32 Å². The number of nitrogens with one attached hydrogen (secondary N) is 2. The lowest BCUT2D eigenvalue weighted by Gasteiger charge is -2.18. The minimum absolute atomic E-state index is 0.0383. The van der Waals surface area contributed by atoms with Gasteiger partial charge in [0, 0.05) is 25.7 Å². The lowest BCUT2D eigenvalue weighted by molar-refractivity contribution is -0.114. The van der Waals surface area contributed by atoms with Crippen LogP contribution in [0.4, 0.5) is 5.69 Å². The van der Waals surface area contributed by atoms with Crippen molar-refractivity contribution in [2.24, 2.45) is 5.41 Å². The molecule has 0 atom stereocenters. The zero-order chi connectivity index (χ0) is 12.9. The third-order valence-corrected chi connectivity index (χ3v) is 2.26. The normalized spacial score (nSPS) is 11.3. The molecule has 17 heavy (non-hydrogen) atoms. The Morgan fingerprint density at radius 1 is 1.18 bits per heavy atom. The number of rotatable bonds is 4. The van der Waals surface area contributed by atoms with Gasteiger partial charge in [-0.2, -0.15) is 0 Å². The van der Waals surface area contributed by atoms with Gasteiger partial charge in [-0.15, -0.1) is 0 Å². The molecule has 0 aromatic heterocycles. The van der Waals surface area contributed by atoms with E-state index in [9.17, 15) is 4.79 Å². The molecule has 0 aliphatic heterocycles. The summed E-state index contributed by atoms with van der Waals surface area (Å²) in [7, 11) is 0. The highest BCUT2D eigenvalue weighted by molar-refractivity contribution is 5.88. The first-order valence-corrected chi connectivity index (χ1v) is 5.94. The average molecular weight is 234 g/mol. The van der Waals surface area contributed by atoms with Crippen LogP contribution in [0.25, 0.3) is 0 Å². The maximum absolute atomic E-state index is 10.9. The third-order valence-electron chi connectivity index (χ3n) is 2.26. The Morgan fingerprint density at radius 3 is 2.24 bits per heavy atom. The second-order valence-corrected chi connectivity index (χ2v) is 5.54. The molecule has 3 nitrogen and oxygen atoms in total. The minimum Gasteiger partial charge on any atom is -0.326 e. The van der Waals surface area contributed by atoms with E-state index in [0.29, 0.717) is 5.41 Å². The van der Waals surface area contributed by atoms with Gasteiger partial charge in [0.25, 0.3) is 0 Å². The zero-order valence-electron chi connectivity index (χ0n) is 11.1. The van der Waals surface area contributed by atoms with Crippen molar-refractivity contribution in [2.45, 2.75) is 34.2 Å². The highest BCUT2D eigenvalue weighted by Crippen LogP contribution is 2.12. The second kappa shape index (κ2) is 5.82. The smallest absolute Gasteiger partial charge is 0.221 e. The van der Waals surface area contributed by atoms with Gasteiger partial charge in [0.15, 0.2) is 0 Å². The second-order valence-electron chi connectivity index (χ2n) is 5.54. The predicted octanol–water partition coefficient (Wildman–Crippen LogP) is 2.78. The largest absolute Gasteiger partial charge is 0.326 e. The number of anilines is 1. The number of carbonyl (C=O) groups excluding carboxylic acids is 1. The molecule has 0 saturated carbocycles. The first-order chi connectivity index (χ1) is 7.87. The molecule has 3 heteroatoms. The molecule has 0 aliphatic rings. The molecule has 94 valence electrons. The first kappa shape index (κ1) is 13.7. The molecule has 0 radical (unpaired) electrons. The van der Waals surface area contributed by atoms with E-state index >= 15 is 0 Å². The molecule has 0 fully saturated rings. The summed E-state index contributed by atoms with van der Waals surface area (Å²) < 4.78 is 0. The number of benzene rings is 1. The molecule has 2 N–H and O–H groups in total. The van der Waals surface area contributed by atoms with Gasteiger partial charge in [0.05, 0.1) is 0 Å². The fourth-order valence-corrected chi connectivity index (χ4v) is 1.49. The first-order valence-electron chi connectivity index (χ1n) is 5.94. The summed E-state index contributed by atoms with van der Waals surface area (Å²) >= 11 is 0. The number of hydrogen-bond acceptors (Lipinski definition) is 2. The van der Waals surface area contributed by atoms with Crippen LogP contribution < -0.4 is 10.6 Å². The molecule has 0 bridgehead atoms. The Morgan fingerprint density at radius 2 is 1.76 bits per heavy atom. The van der Waals surface area contributed by atoms with Crippen molar-refractivity contribution in [3.05, 3.63) is 29.8 Å². The Balaban J connectivity index is 2.43. The van der Waals surface area contributed by atoms with Crippen LogP contribution in [0.15, 0.2) is 24.3 Å². The highest BCUT2D eigenvalue weighted by atomic mass is 16.1. The van der Waals surface area contributed by atoms with E-state index in [2.05, 4.69) is 31.4 Å². The van der Waals surface area contributed by atoms with Gasteiger partial charge in [0.1, 0.15) is 0 Å². The summed E-state index contributed by atoms with van der Waals surface area (Å²) in [6.45, 7) is 9.98. The SMILES string of the molecule is CC(=O)Nc1ccc(CNCC(C)(C)C)cc1. The van der Waals surface area contributed by atoms with E-state index in [1.807, 2.05) is 24.3 Å². The molecule has 1 aromatic carbocycles. The van der Waals surface area contributed by atoms with E-state index in [4.69, 9.17) is 0 Å². The van der Waals surface area contributed by atoms with Gasteiger partial charge < -0.3 is 10.6 Å². The monoisotopic (exact) mass is 234 g/mol. The van der Waals surface area contributed by atoms with E-state index < -0.39 is 0 Å². The van der Waals surface area contributed by atoms with Gasteiger partial charge in [-0.1, -0.05) is 32.9 Å². The number of carbonyl (C=O) groups is 1. The molecule has 0 spiro atoms. The maximum Gasteiger partial charge on any atom is 0.221 e. The molecule has 0 unspecified atom stereocenters. The van der Waals surface area contributed by atoms with Gasteiger partial charge in [-0.05, 0) is 23.1 Å². The molecule has 1 amide bonds. The highest BCUT2D eigenvalue weighted by Gasteiger charge is 2.08. The standard InChI is InChI=1S/C14H22N2O/c1-11(17)16-13-7-5-12(6-8-13)9-15-10-14(2,3)4/h5-8,15H,9-10H2,1-4H3,(H,16,17). The molecular formula is C14H22N2O. The Labute approximate surface area is 104 Å². The Kier molecular flexibility index (Phi) is 4.70. The van der Waals surface area contributed by atoms with Crippen LogP contribution in [0.1, 0.15) is 33.3 Å². The fraction of sp³-hybridized carbons (Fsp3) is 0.500.